The van der Waals surface area contributed by atoms with E-state index in [4.69, 9.17) is 52.1 Å². The van der Waals surface area contributed by atoms with E-state index >= 15 is 0 Å². The van der Waals surface area contributed by atoms with Gasteiger partial charge in [0.1, 0.15) is 27.9 Å². The van der Waals surface area contributed by atoms with Crippen LogP contribution in [0.3, 0.4) is 0 Å². The van der Waals surface area contributed by atoms with Crippen LogP contribution in [-0.2, 0) is 9.84 Å². The molecule has 0 saturated heterocycles. The van der Waals surface area contributed by atoms with Gasteiger partial charge in [-0.3, -0.25) is 18.7 Å². The van der Waals surface area contributed by atoms with Crippen molar-refractivity contribution in [3.05, 3.63) is 126 Å². The zero-order valence-corrected chi connectivity index (χ0v) is 35.0. The van der Waals surface area contributed by atoms with E-state index in [0.717, 1.165) is 22.5 Å². The van der Waals surface area contributed by atoms with Gasteiger partial charge in [0, 0.05) is 0 Å². The predicted octanol–water partition coefficient (Wildman–Crippen LogP) is 8.57. The number of nitrogens with one attached hydrogen (secondary N) is 1. The van der Waals surface area contributed by atoms with Gasteiger partial charge >= 0.3 is 0 Å². The maximum Gasteiger partial charge on any atom is 0.277 e. The minimum Gasteiger partial charge on any atom is -0.382 e. The summed E-state index contributed by atoms with van der Waals surface area (Å²) in [7, 11) is -3.48. The number of sulfone groups is 1. The van der Waals surface area contributed by atoms with Gasteiger partial charge in [0.2, 0.25) is 14.2 Å². The zero-order chi connectivity index (χ0) is 41.0. The lowest BCUT2D eigenvalue weighted by Gasteiger charge is -2.10. The maximum absolute atomic E-state index is 12.9. The largest absolute Gasteiger partial charge is 0.382 e. The van der Waals surface area contributed by atoms with Gasteiger partial charge in [-0.2, -0.15) is 4.98 Å². The van der Waals surface area contributed by atoms with Crippen LogP contribution in [0.2, 0.25) is 20.4 Å². The van der Waals surface area contributed by atoms with Crippen molar-refractivity contribution in [2.75, 3.05) is 16.8 Å². The second-order valence-corrected chi connectivity index (χ2v) is 17.5. The molecular formula is C36H34Cl4N12O4S3. The van der Waals surface area contributed by atoms with Gasteiger partial charge in [-0.15, -0.1) is 20.4 Å². The summed E-state index contributed by atoms with van der Waals surface area (Å²) in [6, 6.07) is 17.2. The molecule has 8 rings (SSSR count). The van der Waals surface area contributed by atoms with E-state index in [9.17, 15) is 18.0 Å². The van der Waals surface area contributed by atoms with Crippen LogP contribution in [0.4, 0.5) is 16.8 Å². The second kappa shape index (κ2) is 19.7. The molecule has 0 unspecified atom stereocenters. The molecule has 0 aliphatic carbocycles. The summed E-state index contributed by atoms with van der Waals surface area (Å²) in [6.07, 6.45) is 2.76. The molecule has 0 saturated carbocycles. The molecule has 0 aliphatic rings. The third-order valence-electron chi connectivity index (χ3n) is 7.64. The average Bonchev–Trinajstić information content (AvgIpc) is 3.82. The van der Waals surface area contributed by atoms with Crippen molar-refractivity contribution < 1.29 is 8.42 Å². The normalized spacial score (nSPS) is 10.8. The zero-order valence-electron chi connectivity index (χ0n) is 29.6. The van der Waals surface area contributed by atoms with Gasteiger partial charge in [-0.25, -0.2) is 23.4 Å². The number of benzene rings is 2. The van der Waals surface area contributed by atoms with E-state index in [1.165, 1.54) is 40.0 Å². The molecule has 6 aromatic heterocycles. The molecule has 308 valence electrons. The molecule has 0 radical (unpaired) electrons. The number of thiazole rings is 2. The molecule has 0 spiro atoms. The molecule has 0 amide bonds. The molecule has 8 aromatic rings. The SMILES string of the molecule is C.C.CCS(=O)(=O)c1nc2ncn(-c3c(C)cccc3Cl)c(=O)c2s1.Cc1cccc(Cl)c1-n1cnc2nc(Nc3ccc(Cl)nn3)sc2c1=O.Nc1ccc(Cl)nn1. The van der Waals surface area contributed by atoms with Crippen molar-refractivity contribution in [2.24, 2.45) is 0 Å². The first-order valence-electron chi connectivity index (χ1n) is 16.2. The Morgan fingerprint density at radius 3 is 1.66 bits per heavy atom. The first-order valence-corrected chi connectivity index (χ1v) is 21.0. The monoisotopic (exact) mass is 934 g/mol. The van der Waals surface area contributed by atoms with Gasteiger partial charge in [0.15, 0.2) is 32.5 Å². The van der Waals surface area contributed by atoms with Crippen molar-refractivity contribution in [1.29, 1.82) is 0 Å². The summed E-state index contributed by atoms with van der Waals surface area (Å²) in [5.74, 6) is 0.773. The smallest absolute Gasteiger partial charge is 0.277 e. The van der Waals surface area contributed by atoms with E-state index in [2.05, 4.69) is 45.6 Å². The van der Waals surface area contributed by atoms with E-state index in [1.807, 2.05) is 32.0 Å². The second-order valence-electron chi connectivity index (χ2n) is 11.5. The molecule has 23 heteroatoms. The lowest BCUT2D eigenvalue weighted by atomic mass is 10.2. The number of hydrogen-bond donors (Lipinski definition) is 2. The van der Waals surface area contributed by atoms with Crippen molar-refractivity contribution >= 4 is 116 Å². The Labute approximate surface area is 365 Å². The third-order valence-corrected chi connectivity index (χ3v) is 12.8. The fourth-order valence-electron chi connectivity index (χ4n) is 4.91. The van der Waals surface area contributed by atoms with Crippen LogP contribution in [0.1, 0.15) is 32.9 Å². The fraction of sp³-hybridized carbons (Fsp3) is 0.167. The Bertz CT molecular complexity index is 2920. The van der Waals surface area contributed by atoms with Gasteiger partial charge in [0.25, 0.3) is 11.1 Å². The van der Waals surface area contributed by atoms with E-state index in [1.54, 1.807) is 42.5 Å². The Hall–Kier alpha value is -5.15. The molecule has 2 aromatic carbocycles. The summed E-state index contributed by atoms with van der Waals surface area (Å²) < 4.78 is 27.1. The summed E-state index contributed by atoms with van der Waals surface area (Å²) in [5, 5.41) is 19.6. The topological polar surface area (TPSA) is 219 Å². The maximum atomic E-state index is 12.9. The Morgan fingerprint density at radius 1 is 0.695 bits per heavy atom. The first kappa shape index (κ1) is 46.5. The predicted molar refractivity (Wildman–Crippen MR) is 238 cm³/mol. The lowest BCUT2D eigenvalue weighted by molar-refractivity contribution is 0.596. The van der Waals surface area contributed by atoms with Crippen molar-refractivity contribution in [3.63, 3.8) is 0 Å². The van der Waals surface area contributed by atoms with Crippen LogP contribution in [-0.4, -0.2) is 63.6 Å². The highest BCUT2D eigenvalue weighted by atomic mass is 35.5. The van der Waals surface area contributed by atoms with E-state index in [0.29, 0.717) is 58.8 Å². The van der Waals surface area contributed by atoms with E-state index < -0.39 is 9.84 Å². The highest BCUT2D eigenvalue weighted by Gasteiger charge is 2.21. The number of nitrogen functional groups attached to an aromatic ring is 1. The van der Waals surface area contributed by atoms with Gasteiger partial charge < -0.3 is 11.1 Å². The fourth-order valence-corrected chi connectivity index (χ4v) is 8.86. The van der Waals surface area contributed by atoms with Crippen LogP contribution in [0.15, 0.2) is 87.2 Å². The number of nitrogens with two attached hydrogens (primary N) is 1. The molecule has 16 nitrogen and oxygen atoms in total. The Kier molecular flexibility index (Phi) is 15.6. The standard InChI is InChI=1S/C16H10Cl2N6OS.C14H12ClN3O3S2.C4H4ClN3.2CH4/c1-8-3-2-4-9(17)12(8)24-7-19-14-13(15(24)25)26-16(21-14)20-11-6-5-10(18)22-23-11;1-3-23(20,21)14-17-12-11(22-14)13(19)18(7-16-12)10-8(2)5-4-6-9(10)15;5-3-1-2-4(6)8-7-3;;/h2-7H,1H3,(H,20,21,23);4-7H,3H2,1-2H3;1-2H,(H2,6,8);2*1H4. The van der Waals surface area contributed by atoms with Crippen molar-refractivity contribution in [1.82, 2.24) is 49.5 Å². The first-order chi connectivity index (χ1) is 27.2. The number of para-hydroxylation sites is 2. The molecule has 0 atom stereocenters. The van der Waals surface area contributed by atoms with Crippen LogP contribution in [0.25, 0.3) is 32.1 Å². The minimum atomic E-state index is -3.48. The van der Waals surface area contributed by atoms with E-state index in [-0.39, 0.29) is 46.4 Å². The van der Waals surface area contributed by atoms with Crippen molar-refractivity contribution in [3.8, 4) is 11.4 Å². The molecular weight excluding hydrogens is 902 g/mol. The van der Waals surface area contributed by atoms with Gasteiger partial charge in [-0.1, -0.05) is 115 Å². The van der Waals surface area contributed by atoms with Crippen LogP contribution in [0, 0.1) is 13.8 Å². The number of hydrogen-bond acceptors (Lipinski definition) is 16. The lowest BCUT2D eigenvalue weighted by Crippen LogP contribution is -2.19. The molecule has 6 heterocycles. The molecule has 0 aliphatic heterocycles. The highest BCUT2D eigenvalue weighted by Crippen LogP contribution is 2.28. The average molecular weight is 937 g/mol. The minimum absolute atomic E-state index is 0. The summed E-state index contributed by atoms with van der Waals surface area (Å²) in [6.45, 7) is 5.24. The van der Waals surface area contributed by atoms with Gasteiger partial charge in [-0.05, 0) is 61.4 Å². The van der Waals surface area contributed by atoms with Crippen molar-refractivity contribution in [2.45, 2.75) is 40.0 Å². The number of rotatable bonds is 6. The summed E-state index contributed by atoms with van der Waals surface area (Å²) in [4.78, 5) is 42.3. The molecule has 59 heavy (non-hydrogen) atoms. The number of anilines is 3. The number of fused-ring (bicyclic) bond motifs is 2. The Balaban J connectivity index is 0.000000215. The van der Waals surface area contributed by atoms with Crippen LogP contribution >= 0.6 is 69.1 Å². The number of aryl methyl sites for hydroxylation is 2. The van der Waals surface area contributed by atoms with Gasteiger partial charge in [0.05, 0.1) is 27.2 Å². The molecule has 0 bridgehead atoms. The summed E-state index contributed by atoms with van der Waals surface area (Å²) in [5.41, 5.74) is 7.88. The van der Waals surface area contributed by atoms with Crippen LogP contribution < -0.4 is 22.2 Å². The third kappa shape index (κ3) is 10.5. The van der Waals surface area contributed by atoms with Crippen LogP contribution in [0.5, 0.6) is 0 Å². The number of nitrogens with zero attached hydrogens (tertiary/aromatic N) is 10. The molecule has 3 N–H and O–H groups in total. The number of aromatic nitrogens is 10. The number of halogens is 4. The Morgan fingerprint density at radius 2 is 1.20 bits per heavy atom. The summed E-state index contributed by atoms with van der Waals surface area (Å²) >= 11 is 25.6. The highest BCUT2D eigenvalue weighted by molar-refractivity contribution is 7.93. The quantitative estimate of drug-likeness (QED) is 0.160. The molecule has 0 fully saturated rings.